The normalized spacial score (nSPS) is 19.3. The molecule has 21 heavy (non-hydrogen) atoms. The van der Waals surface area contributed by atoms with E-state index in [0.717, 1.165) is 29.4 Å². The maximum atomic E-state index is 10.8. The first-order valence-electron chi connectivity index (χ1n) is 7.86. The Bertz CT molecular complexity index is 796. The molecule has 0 bridgehead atoms. The topological polar surface area (TPSA) is 36.0 Å². The molecule has 4 rings (SSSR count). The van der Waals surface area contributed by atoms with Crippen molar-refractivity contribution < 1.29 is 5.11 Å². The molecule has 0 saturated heterocycles. The van der Waals surface area contributed by atoms with Crippen LogP contribution in [0.3, 0.4) is 0 Å². The van der Waals surface area contributed by atoms with Gasteiger partial charge in [0.25, 0.3) is 0 Å². The van der Waals surface area contributed by atoms with E-state index in [-0.39, 0.29) is 11.5 Å². The average molecular weight is 279 g/mol. The monoisotopic (exact) mass is 279 g/mol. The fraction of sp³-hybridized carbons (Fsp3) is 0.368. The number of hydrogen-bond acceptors (Lipinski definition) is 1. The highest BCUT2D eigenvalue weighted by Crippen LogP contribution is 2.47. The number of H-pyrrole nitrogens is 1. The summed E-state index contributed by atoms with van der Waals surface area (Å²) in [5, 5.41) is 13.3. The maximum Gasteiger partial charge on any atom is 0.0843 e. The molecule has 1 aliphatic rings. The van der Waals surface area contributed by atoms with E-state index in [4.69, 9.17) is 0 Å². The van der Waals surface area contributed by atoms with Crippen LogP contribution in [-0.4, -0.2) is 10.1 Å². The number of aliphatic hydroxyl groups excluding tert-OH is 1. The summed E-state index contributed by atoms with van der Waals surface area (Å²) >= 11 is 0. The van der Waals surface area contributed by atoms with Gasteiger partial charge in [0.1, 0.15) is 0 Å². The van der Waals surface area contributed by atoms with E-state index in [9.17, 15) is 5.11 Å². The van der Waals surface area contributed by atoms with Crippen LogP contribution < -0.4 is 0 Å². The Morgan fingerprint density at radius 3 is 2.52 bits per heavy atom. The molecular weight excluding hydrogens is 258 g/mol. The predicted octanol–water partition coefficient (Wildman–Crippen LogP) is 4.93. The van der Waals surface area contributed by atoms with E-state index in [0.29, 0.717) is 0 Å². The fourth-order valence-corrected chi connectivity index (χ4v) is 3.89. The van der Waals surface area contributed by atoms with Crippen molar-refractivity contribution in [1.29, 1.82) is 0 Å². The minimum Gasteiger partial charge on any atom is -0.388 e. The zero-order chi connectivity index (χ0) is 14.4. The lowest BCUT2D eigenvalue weighted by atomic mass is 9.79. The third-order valence-electron chi connectivity index (χ3n) is 5.25. The van der Waals surface area contributed by atoms with E-state index < -0.39 is 0 Å². The van der Waals surface area contributed by atoms with E-state index >= 15 is 0 Å². The van der Waals surface area contributed by atoms with E-state index in [1.807, 2.05) is 6.07 Å². The van der Waals surface area contributed by atoms with Crippen molar-refractivity contribution in [3.8, 4) is 0 Å². The second-order valence-electron chi connectivity index (χ2n) is 6.74. The summed E-state index contributed by atoms with van der Waals surface area (Å²) in [5.74, 6) is 0. The molecule has 2 nitrogen and oxygen atoms in total. The minimum atomic E-state index is -0.363. The van der Waals surface area contributed by atoms with Gasteiger partial charge in [-0.25, -0.2) is 0 Å². The van der Waals surface area contributed by atoms with Gasteiger partial charge in [0.15, 0.2) is 0 Å². The van der Waals surface area contributed by atoms with Crippen molar-refractivity contribution in [3.05, 3.63) is 48.0 Å². The van der Waals surface area contributed by atoms with Crippen LogP contribution in [0.25, 0.3) is 21.8 Å². The Morgan fingerprint density at radius 2 is 1.71 bits per heavy atom. The fourth-order valence-electron chi connectivity index (χ4n) is 3.89. The summed E-state index contributed by atoms with van der Waals surface area (Å²) < 4.78 is 0. The zero-order valence-electron chi connectivity index (χ0n) is 12.4. The van der Waals surface area contributed by atoms with Crippen LogP contribution in [0.4, 0.5) is 0 Å². The molecule has 1 heterocycles. The second kappa shape index (κ2) is 4.60. The molecule has 0 amide bonds. The minimum absolute atomic E-state index is 0.0415. The zero-order valence-corrected chi connectivity index (χ0v) is 12.4. The molecule has 1 fully saturated rings. The van der Waals surface area contributed by atoms with Crippen molar-refractivity contribution in [3.63, 3.8) is 0 Å². The number of benzene rings is 2. The molecule has 1 saturated carbocycles. The second-order valence-corrected chi connectivity index (χ2v) is 6.74. The van der Waals surface area contributed by atoms with Crippen LogP contribution in [0, 0.1) is 5.41 Å². The standard InChI is InChI=1S/C19H21NO/c1-19(10-4-5-11-19)18(21)13-8-9-17-15(12-13)14-6-2-3-7-16(14)20-17/h2-3,6-9,12,18,20-21H,4-5,10-11H2,1H3. The molecule has 1 unspecified atom stereocenters. The van der Waals surface area contributed by atoms with Crippen molar-refractivity contribution in [1.82, 2.24) is 4.98 Å². The number of aromatic nitrogens is 1. The molecule has 108 valence electrons. The Hall–Kier alpha value is -1.80. The van der Waals surface area contributed by atoms with Crippen LogP contribution in [0.1, 0.15) is 44.3 Å². The average Bonchev–Trinajstić information content (AvgIpc) is 3.10. The first-order valence-corrected chi connectivity index (χ1v) is 7.86. The van der Waals surface area contributed by atoms with Gasteiger partial charge >= 0.3 is 0 Å². The summed E-state index contributed by atoms with van der Waals surface area (Å²) in [6, 6.07) is 14.7. The summed E-state index contributed by atoms with van der Waals surface area (Å²) in [4.78, 5) is 3.44. The molecule has 2 heteroatoms. The molecule has 1 atom stereocenters. The number of rotatable bonds is 2. The number of para-hydroxylation sites is 1. The van der Waals surface area contributed by atoms with Crippen molar-refractivity contribution in [2.45, 2.75) is 38.7 Å². The van der Waals surface area contributed by atoms with Gasteiger partial charge in [0, 0.05) is 21.8 Å². The summed E-state index contributed by atoms with van der Waals surface area (Å²) in [7, 11) is 0. The number of aromatic amines is 1. The quantitative estimate of drug-likeness (QED) is 0.685. The molecular formula is C19H21NO. The molecule has 0 radical (unpaired) electrons. The number of hydrogen-bond donors (Lipinski definition) is 2. The Labute approximate surface area is 124 Å². The summed E-state index contributed by atoms with van der Waals surface area (Å²) in [6.45, 7) is 2.23. The van der Waals surface area contributed by atoms with Crippen molar-refractivity contribution in [2.75, 3.05) is 0 Å². The largest absolute Gasteiger partial charge is 0.388 e. The van der Waals surface area contributed by atoms with Gasteiger partial charge in [0.2, 0.25) is 0 Å². The molecule has 3 aromatic rings. The van der Waals surface area contributed by atoms with Crippen LogP contribution >= 0.6 is 0 Å². The van der Waals surface area contributed by atoms with Gasteiger partial charge in [-0.2, -0.15) is 0 Å². The lowest BCUT2D eigenvalue weighted by Gasteiger charge is -2.30. The van der Waals surface area contributed by atoms with E-state index in [1.54, 1.807) is 0 Å². The SMILES string of the molecule is CC1(C(O)c2ccc3[nH]c4ccccc4c3c2)CCCC1. The van der Waals surface area contributed by atoms with Crippen LogP contribution in [0.5, 0.6) is 0 Å². The van der Waals surface area contributed by atoms with E-state index in [1.165, 1.54) is 23.6 Å². The first kappa shape index (κ1) is 12.9. The molecule has 1 aliphatic carbocycles. The third kappa shape index (κ3) is 1.97. The van der Waals surface area contributed by atoms with Crippen molar-refractivity contribution in [2.24, 2.45) is 5.41 Å². The lowest BCUT2D eigenvalue weighted by Crippen LogP contribution is -2.21. The van der Waals surface area contributed by atoms with Crippen LogP contribution in [-0.2, 0) is 0 Å². The third-order valence-corrected chi connectivity index (χ3v) is 5.25. The Balaban J connectivity index is 1.84. The predicted molar refractivity (Wildman–Crippen MR) is 87.3 cm³/mol. The number of nitrogens with one attached hydrogen (secondary N) is 1. The van der Waals surface area contributed by atoms with Gasteiger partial charge in [-0.05, 0) is 42.0 Å². The van der Waals surface area contributed by atoms with Gasteiger partial charge in [0.05, 0.1) is 6.10 Å². The molecule has 2 N–H and O–H groups in total. The van der Waals surface area contributed by atoms with Crippen LogP contribution in [0.2, 0.25) is 0 Å². The van der Waals surface area contributed by atoms with Crippen LogP contribution in [0.15, 0.2) is 42.5 Å². The number of fused-ring (bicyclic) bond motifs is 3. The summed E-state index contributed by atoms with van der Waals surface area (Å²) in [6.07, 6.45) is 4.37. The maximum absolute atomic E-state index is 10.8. The van der Waals surface area contributed by atoms with Gasteiger partial charge in [-0.3, -0.25) is 0 Å². The highest BCUT2D eigenvalue weighted by molar-refractivity contribution is 6.07. The Morgan fingerprint density at radius 1 is 1.00 bits per heavy atom. The lowest BCUT2D eigenvalue weighted by molar-refractivity contribution is 0.0409. The highest BCUT2D eigenvalue weighted by atomic mass is 16.3. The van der Waals surface area contributed by atoms with Gasteiger partial charge < -0.3 is 10.1 Å². The van der Waals surface area contributed by atoms with Gasteiger partial charge in [-0.15, -0.1) is 0 Å². The summed E-state index contributed by atoms with van der Waals surface area (Å²) in [5.41, 5.74) is 3.39. The number of aliphatic hydroxyl groups is 1. The molecule has 0 aliphatic heterocycles. The van der Waals surface area contributed by atoms with E-state index in [2.05, 4.69) is 48.3 Å². The highest BCUT2D eigenvalue weighted by Gasteiger charge is 2.36. The molecule has 2 aromatic carbocycles. The van der Waals surface area contributed by atoms with Crippen molar-refractivity contribution >= 4 is 21.8 Å². The van der Waals surface area contributed by atoms with Gasteiger partial charge in [-0.1, -0.05) is 44.0 Å². The smallest absolute Gasteiger partial charge is 0.0843 e. The Kier molecular flexibility index (Phi) is 2.83. The first-order chi connectivity index (χ1) is 10.2. The molecule has 0 spiro atoms. The molecule has 1 aromatic heterocycles.